The van der Waals surface area contributed by atoms with Crippen LogP contribution in [0.4, 0.5) is 0 Å². The SMILES string of the molecule is Cc1cc(CNC(C)CNC(C)(C)C)co1. The van der Waals surface area contributed by atoms with Crippen LogP contribution in [-0.2, 0) is 6.54 Å². The Morgan fingerprint density at radius 2 is 2.06 bits per heavy atom. The van der Waals surface area contributed by atoms with Gasteiger partial charge in [-0.1, -0.05) is 0 Å². The van der Waals surface area contributed by atoms with E-state index >= 15 is 0 Å². The highest BCUT2D eigenvalue weighted by molar-refractivity contribution is 5.11. The lowest BCUT2D eigenvalue weighted by atomic mass is 10.1. The molecule has 16 heavy (non-hydrogen) atoms. The van der Waals surface area contributed by atoms with Gasteiger partial charge in [0.1, 0.15) is 5.76 Å². The number of nitrogens with one attached hydrogen (secondary N) is 2. The molecule has 1 rings (SSSR count). The van der Waals surface area contributed by atoms with Crippen molar-refractivity contribution in [3.63, 3.8) is 0 Å². The fraction of sp³-hybridized carbons (Fsp3) is 0.692. The van der Waals surface area contributed by atoms with Gasteiger partial charge in [0.05, 0.1) is 6.26 Å². The molecule has 0 saturated carbocycles. The van der Waals surface area contributed by atoms with E-state index in [0.29, 0.717) is 6.04 Å². The summed E-state index contributed by atoms with van der Waals surface area (Å²) in [7, 11) is 0. The molecule has 92 valence electrons. The predicted molar refractivity (Wildman–Crippen MR) is 67.5 cm³/mol. The zero-order valence-electron chi connectivity index (χ0n) is 11.1. The summed E-state index contributed by atoms with van der Waals surface area (Å²) in [5.41, 5.74) is 1.39. The van der Waals surface area contributed by atoms with Crippen LogP contribution in [-0.4, -0.2) is 18.1 Å². The standard InChI is InChI=1S/C13H24N2O/c1-10(7-15-13(3,4)5)14-8-12-6-11(2)16-9-12/h6,9-10,14-15H,7-8H2,1-5H3. The number of aryl methyl sites for hydroxylation is 1. The molecule has 1 heterocycles. The van der Waals surface area contributed by atoms with Crippen LogP contribution in [0.2, 0.25) is 0 Å². The van der Waals surface area contributed by atoms with Crippen LogP contribution in [0.15, 0.2) is 16.7 Å². The van der Waals surface area contributed by atoms with Crippen LogP contribution < -0.4 is 10.6 Å². The minimum absolute atomic E-state index is 0.183. The molecule has 2 N–H and O–H groups in total. The molecule has 0 aliphatic carbocycles. The summed E-state index contributed by atoms with van der Waals surface area (Å²) in [6.07, 6.45) is 1.81. The molecule has 0 spiro atoms. The minimum Gasteiger partial charge on any atom is -0.469 e. The van der Waals surface area contributed by atoms with Crippen LogP contribution in [0.25, 0.3) is 0 Å². The number of hydrogen-bond donors (Lipinski definition) is 2. The fourth-order valence-corrected chi connectivity index (χ4v) is 1.41. The molecule has 0 amide bonds. The van der Waals surface area contributed by atoms with Crippen molar-refractivity contribution in [1.29, 1.82) is 0 Å². The first kappa shape index (κ1) is 13.3. The highest BCUT2D eigenvalue weighted by Gasteiger charge is 2.10. The van der Waals surface area contributed by atoms with Crippen LogP contribution in [0.5, 0.6) is 0 Å². The van der Waals surface area contributed by atoms with E-state index < -0.39 is 0 Å². The summed E-state index contributed by atoms with van der Waals surface area (Å²) >= 11 is 0. The fourth-order valence-electron chi connectivity index (χ4n) is 1.41. The van der Waals surface area contributed by atoms with E-state index in [1.165, 1.54) is 5.56 Å². The summed E-state index contributed by atoms with van der Waals surface area (Å²) in [5, 5.41) is 6.94. The van der Waals surface area contributed by atoms with Crippen molar-refractivity contribution in [3.05, 3.63) is 23.7 Å². The number of hydrogen-bond acceptors (Lipinski definition) is 3. The van der Waals surface area contributed by atoms with Gasteiger partial charge in [0, 0.05) is 30.2 Å². The largest absolute Gasteiger partial charge is 0.469 e. The van der Waals surface area contributed by atoms with E-state index in [2.05, 4.69) is 44.4 Å². The average Bonchev–Trinajstić information content (AvgIpc) is 2.57. The number of rotatable bonds is 5. The first-order valence-electron chi connectivity index (χ1n) is 5.89. The van der Waals surface area contributed by atoms with E-state index in [1.54, 1.807) is 0 Å². The maximum Gasteiger partial charge on any atom is 0.101 e. The first-order valence-corrected chi connectivity index (χ1v) is 5.89. The lowest BCUT2D eigenvalue weighted by Crippen LogP contribution is -2.44. The second-order valence-electron chi connectivity index (χ2n) is 5.48. The van der Waals surface area contributed by atoms with Gasteiger partial charge in [0.2, 0.25) is 0 Å². The monoisotopic (exact) mass is 224 g/mol. The zero-order chi connectivity index (χ0) is 12.2. The Morgan fingerprint density at radius 1 is 1.38 bits per heavy atom. The Bertz CT molecular complexity index is 312. The number of furan rings is 1. The maximum atomic E-state index is 5.26. The van der Waals surface area contributed by atoms with Gasteiger partial charge >= 0.3 is 0 Å². The van der Waals surface area contributed by atoms with Gasteiger partial charge in [-0.25, -0.2) is 0 Å². The predicted octanol–water partition coefficient (Wildman–Crippen LogP) is 2.45. The average molecular weight is 224 g/mol. The molecule has 1 aromatic rings. The van der Waals surface area contributed by atoms with Gasteiger partial charge in [-0.3, -0.25) is 0 Å². The molecule has 0 aliphatic heterocycles. The van der Waals surface area contributed by atoms with Crippen molar-refractivity contribution >= 4 is 0 Å². The molecule has 0 aliphatic rings. The molecule has 3 nitrogen and oxygen atoms in total. The highest BCUT2D eigenvalue weighted by Crippen LogP contribution is 2.06. The van der Waals surface area contributed by atoms with Gasteiger partial charge in [0.25, 0.3) is 0 Å². The van der Waals surface area contributed by atoms with Gasteiger partial charge in [0.15, 0.2) is 0 Å². The smallest absolute Gasteiger partial charge is 0.101 e. The van der Waals surface area contributed by atoms with Crippen LogP contribution >= 0.6 is 0 Å². The van der Waals surface area contributed by atoms with Crippen LogP contribution in [0.3, 0.4) is 0 Å². The van der Waals surface area contributed by atoms with E-state index in [1.807, 2.05) is 13.2 Å². The Labute approximate surface area is 98.6 Å². The summed E-state index contributed by atoms with van der Waals surface area (Å²) in [4.78, 5) is 0. The quantitative estimate of drug-likeness (QED) is 0.806. The van der Waals surface area contributed by atoms with Crippen molar-refractivity contribution in [2.75, 3.05) is 6.54 Å². The maximum absolute atomic E-state index is 5.26. The summed E-state index contributed by atoms with van der Waals surface area (Å²) in [6, 6.07) is 2.52. The first-order chi connectivity index (χ1) is 7.37. The molecule has 0 radical (unpaired) electrons. The van der Waals surface area contributed by atoms with Crippen LogP contribution in [0, 0.1) is 6.92 Å². The topological polar surface area (TPSA) is 37.2 Å². The normalized spacial score (nSPS) is 14.1. The van der Waals surface area contributed by atoms with Crippen molar-refractivity contribution in [1.82, 2.24) is 10.6 Å². The molecular weight excluding hydrogens is 200 g/mol. The molecule has 0 bridgehead atoms. The lowest BCUT2D eigenvalue weighted by molar-refractivity contribution is 0.387. The Kier molecular flexibility index (Phi) is 4.56. The molecule has 1 aromatic heterocycles. The third-order valence-corrected chi connectivity index (χ3v) is 2.38. The molecule has 0 saturated heterocycles. The van der Waals surface area contributed by atoms with Crippen molar-refractivity contribution in [2.45, 2.75) is 52.7 Å². The Balaban J connectivity index is 2.22. The van der Waals surface area contributed by atoms with E-state index in [4.69, 9.17) is 4.42 Å². The molecular formula is C13H24N2O. The molecule has 1 atom stereocenters. The molecule has 0 fully saturated rings. The van der Waals surface area contributed by atoms with E-state index in [9.17, 15) is 0 Å². The molecule has 0 aromatic carbocycles. The minimum atomic E-state index is 0.183. The molecule has 1 unspecified atom stereocenters. The van der Waals surface area contributed by atoms with Gasteiger partial charge in [-0.2, -0.15) is 0 Å². The highest BCUT2D eigenvalue weighted by atomic mass is 16.3. The lowest BCUT2D eigenvalue weighted by Gasteiger charge is -2.23. The third-order valence-electron chi connectivity index (χ3n) is 2.38. The van der Waals surface area contributed by atoms with E-state index in [0.717, 1.165) is 18.8 Å². The summed E-state index contributed by atoms with van der Waals surface area (Å²) in [6.45, 7) is 12.5. The van der Waals surface area contributed by atoms with E-state index in [-0.39, 0.29) is 5.54 Å². The van der Waals surface area contributed by atoms with Crippen LogP contribution in [0.1, 0.15) is 39.0 Å². The van der Waals surface area contributed by atoms with Gasteiger partial charge in [-0.05, 0) is 40.7 Å². The zero-order valence-corrected chi connectivity index (χ0v) is 11.1. The Morgan fingerprint density at radius 3 is 2.56 bits per heavy atom. The molecule has 3 heteroatoms. The Hall–Kier alpha value is -0.800. The summed E-state index contributed by atoms with van der Waals surface area (Å²) in [5.74, 6) is 0.970. The van der Waals surface area contributed by atoms with Crippen molar-refractivity contribution in [2.24, 2.45) is 0 Å². The van der Waals surface area contributed by atoms with Gasteiger partial charge in [-0.15, -0.1) is 0 Å². The van der Waals surface area contributed by atoms with Gasteiger partial charge < -0.3 is 15.1 Å². The summed E-state index contributed by atoms with van der Waals surface area (Å²) < 4.78 is 5.26. The van der Waals surface area contributed by atoms with Crippen molar-refractivity contribution < 1.29 is 4.42 Å². The van der Waals surface area contributed by atoms with Crippen molar-refractivity contribution in [3.8, 4) is 0 Å². The second-order valence-corrected chi connectivity index (χ2v) is 5.48. The third kappa shape index (κ3) is 5.33. The second kappa shape index (κ2) is 5.51.